The van der Waals surface area contributed by atoms with E-state index in [0.29, 0.717) is 29.1 Å². The van der Waals surface area contributed by atoms with Crippen molar-refractivity contribution in [1.29, 1.82) is 0 Å². The van der Waals surface area contributed by atoms with E-state index in [2.05, 4.69) is 0 Å². The number of anilines is 1. The summed E-state index contributed by atoms with van der Waals surface area (Å²) >= 11 is 6.02. The van der Waals surface area contributed by atoms with Crippen LogP contribution in [0, 0.1) is 10.1 Å². The van der Waals surface area contributed by atoms with Crippen molar-refractivity contribution >= 4 is 23.3 Å². The zero-order valence-electron chi connectivity index (χ0n) is 12.4. The number of carbonyl (C=O) groups is 1. The van der Waals surface area contributed by atoms with Gasteiger partial charge in [-0.05, 0) is 38.0 Å². The van der Waals surface area contributed by atoms with Gasteiger partial charge in [0.15, 0.2) is 0 Å². The highest BCUT2D eigenvalue weighted by Gasteiger charge is 2.33. The molecule has 1 heterocycles. The first-order valence-electron chi connectivity index (χ1n) is 6.88. The van der Waals surface area contributed by atoms with Gasteiger partial charge in [-0.1, -0.05) is 17.7 Å². The Hall–Kier alpha value is -2.08. The van der Waals surface area contributed by atoms with Crippen LogP contribution in [0.4, 0.5) is 5.69 Å². The first-order valence-corrected chi connectivity index (χ1v) is 7.26. The van der Waals surface area contributed by atoms with Gasteiger partial charge in [-0.2, -0.15) is 0 Å². The molecule has 1 unspecified atom stereocenters. The van der Waals surface area contributed by atoms with Crippen molar-refractivity contribution in [3.63, 3.8) is 0 Å². The standard InChI is InChI=1S/C15H17ClN2O4/c1-10-14(15(19)22-2)7-6-13(9-17(20)21)18(10)12-5-3-4-11(16)8-12/h3-5,8,13H,6-7,9H2,1-2H3. The number of nitro groups is 1. The van der Waals surface area contributed by atoms with Crippen LogP contribution in [-0.4, -0.2) is 30.6 Å². The fourth-order valence-corrected chi connectivity index (χ4v) is 2.97. The Morgan fingerprint density at radius 2 is 2.27 bits per heavy atom. The molecular formula is C15H17ClN2O4. The van der Waals surface area contributed by atoms with Gasteiger partial charge in [-0.15, -0.1) is 0 Å². The first kappa shape index (κ1) is 16.3. The summed E-state index contributed by atoms with van der Waals surface area (Å²) in [6.45, 7) is 1.58. The molecular weight excluding hydrogens is 308 g/mol. The summed E-state index contributed by atoms with van der Waals surface area (Å²) in [5.41, 5.74) is 1.95. The van der Waals surface area contributed by atoms with Gasteiger partial charge in [0, 0.05) is 21.3 Å². The lowest BCUT2D eigenvalue weighted by Crippen LogP contribution is -2.43. The van der Waals surface area contributed by atoms with E-state index in [9.17, 15) is 14.9 Å². The molecule has 1 atom stereocenters. The highest BCUT2D eigenvalue weighted by molar-refractivity contribution is 6.30. The molecule has 2 rings (SSSR count). The quantitative estimate of drug-likeness (QED) is 0.483. The molecule has 0 fully saturated rings. The third-order valence-electron chi connectivity index (χ3n) is 3.77. The van der Waals surface area contributed by atoms with Gasteiger partial charge in [-0.25, -0.2) is 4.79 Å². The molecule has 0 saturated heterocycles. The average Bonchev–Trinajstić information content (AvgIpc) is 2.46. The summed E-state index contributed by atoms with van der Waals surface area (Å²) in [6.07, 6.45) is 0.976. The molecule has 22 heavy (non-hydrogen) atoms. The monoisotopic (exact) mass is 324 g/mol. The Morgan fingerprint density at radius 3 is 2.86 bits per heavy atom. The van der Waals surface area contributed by atoms with Crippen molar-refractivity contribution in [3.05, 3.63) is 50.7 Å². The molecule has 0 N–H and O–H groups in total. The van der Waals surface area contributed by atoms with Crippen LogP contribution in [0.1, 0.15) is 19.8 Å². The van der Waals surface area contributed by atoms with E-state index in [1.54, 1.807) is 25.1 Å². The van der Waals surface area contributed by atoms with E-state index in [0.717, 1.165) is 5.69 Å². The molecule has 118 valence electrons. The van der Waals surface area contributed by atoms with Crippen molar-refractivity contribution in [1.82, 2.24) is 0 Å². The second-order valence-electron chi connectivity index (χ2n) is 5.11. The maximum atomic E-state index is 11.9. The largest absolute Gasteiger partial charge is 0.466 e. The van der Waals surface area contributed by atoms with Crippen LogP contribution in [0.15, 0.2) is 35.5 Å². The van der Waals surface area contributed by atoms with Crippen LogP contribution in [0.2, 0.25) is 5.02 Å². The summed E-state index contributed by atoms with van der Waals surface area (Å²) in [6, 6.07) is 6.75. The number of halogens is 1. The van der Waals surface area contributed by atoms with Crippen molar-refractivity contribution in [2.75, 3.05) is 18.6 Å². The number of esters is 1. The van der Waals surface area contributed by atoms with E-state index >= 15 is 0 Å². The predicted octanol–water partition coefficient (Wildman–Crippen LogP) is 3.03. The number of ether oxygens (including phenoxy) is 1. The molecule has 0 saturated carbocycles. The maximum absolute atomic E-state index is 11.9. The van der Waals surface area contributed by atoms with Crippen LogP contribution >= 0.6 is 11.6 Å². The minimum absolute atomic E-state index is 0.196. The zero-order chi connectivity index (χ0) is 16.3. The summed E-state index contributed by atoms with van der Waals surface area (Å²) in [5, 5.41) is 11.5. The summed E-state index contributed by atoms with van der Waals surface area (Å²) in [4.78, 5) is 24.3. The molecule has 6 nitrogen and oxygen atoms in total. The molecule has 1 aromatic rings. The number of nitrogens with zero attached hydrogens (tertiary/aromatic N) is 2. The molecule has 0 bridgehead atoms. The lowest BCUT2D eigenvalue weighted by molar-refractivity contribution is -0.482. The number of hydrogen-bond donors (Lipinski definition) is 0. The van der Waals surface area contributed by atoms with Gasteiger partial charge in [0.1, 0.15) is 0 Å². The van der Waals surface area contributed by atoms with Crippen LogP contribution in [0.3, 0.4) is 0 Å². The Balaban J connectivity index is 2.47. The second kappa shape index (κ2) is 6.79. The van der Waals surface area contributed by atoms with Crippen LogP contribution in [0.5, 0.6) is 0 Å². The maximum Gasteiger partial charge on any atom is 0.335 e. The number of methoxy groups -OCH3 is 1. The molecule has 7 heteroatoms. The fourth-order valence-electron chi connectivity index (χ4n) is 2.79. The van der Waals surface area contributed by atoms with Gasteiger partial charge in [0.05, 0.1) is 18.7 Å². The van der Waals surface area contributed by atoms with Crippen molar-refractivity contribution in [2.24, 2.45) is 0 Å². The van der Waals surface area contributed by atoms with E-state index in [1.807, 2.05) is 11.0 Å². The molecule has 0 aliphatic carbocycles. The molecule has 1 aromatic carbocycles. The Bertz CT molecular complexity index is 630. The summed E-state index contributed by atoms with van der Waals surface area (Å²) in [5.74, 6) is -0.399. The Morgan fingerprint density at radius 1 is 1.55 bits per heavy atom. The van der Waals surface area contributed by atoms with Gasteiger partial charge >= 0.3 is 5.97 Å². The van der Waals surface area contributed by atoms with Gasteiger partial charge in [0.2, 0.25) is 6.54 Å². The van der Waals surface area contributed by atoms with Crippen LogP contribution < -0.4 is 4.90 Å². The van der Waals surface area contributed by atoms with Gasteiger partial charge < -0.3 is 9.64 Å². The number of allylic oxidation sites excluding steroid dienone is 1. The smallest absolute Gasteiger partial charge is 0.335 e. The predicted molar refractivity (Wildman–Crippen MR) is 83.5 cm³/mol. The highest BCUT2D eigenvalue weighted by atomic mass is 35.5. The van der Waals surface area contributed by atoms with Gasteiger partial charge in [0.25, 0.3) is 0 Å². The third kappa shape index (κ3) is 3.39. The van der Waals surface area contributed by atoms with E-state index < -0.39 is 5.97 Å². The first-order chi connectivity index (χ1) is 10.4. The molecule has 0 spiro atoms. The van der Waals surface area contributed by atoms with E-state index in [1.165, 1.54) is 7.11 Å². The average molecular weight is 325 g/mol. The fraction of sp³-hybridized carbons (Fsp3) is 0.400. The Labute approximate surface area is 133 Å². The Kier molecular flexibility index (Phi) is 5.03. The highest BCUT2D eigenvalue weighted by Crippen LogP contribution is 2.33. The summed E-state index contributed by atoms with van der Waals surface area (Å²) in [7, 11) is 1.33. The molecule has 0 amide bonds. The normalized spacial score (nSPS) is 18.3. The lowest BCUT2D eigenvalue weighted by atomic mass is 9.95. The molecule has 0 aromatic heterocycles. The van der Waals surface area contributed by atoms with Crippen LogP contribution in [-0.2, 0) is 9.53 Å². The van der Waals surface area contributed by atoms with Crippen molar-refractivity contribution in [3.8, 4) is 0 Å². The van der Waals surface area contributed by atoms with Gasteiger partial charge in [-0.3, -0.25) is 10.1 Å². The number of carbonyl (C=O) groups excluding carboxylic acids is 1. The number of rotatable bonds is 4. The minimum atomic E-state index is -0.399. The molecule has 1 aliphatic rings. The molecule has 0 radical (unpaired) electrons. The zero-order valence-corrected chi connectivity index (χ0v) is 13.2. The van der Waals surface area contributed by atoms with E-state index in [4.69, 9.17) is 16.3 Å². The number of benzene rings is 1. The SMILES string of the molecule is COC(=O)C1=C(C)N(c2cccc(Cl)c2)C(C[N+](=O)[O-])CC1. The second-order valence-corrected chi connectivity index (χ2v) is 5.55. The molecule has 1 aliphatic heterocycles. The summed E-state index contributed by atoms with van der Waals surface area (Å²) < 4.78 is 4.80. The van der Waals surface area contributed by atoms with Crippen molar-refractivity contribution < 1.29 is 14.5 Å². The van der Waals surface area contributed by atoms with Crippen LogP contribution in [0.25, 0.3) is 0 Å². The van der Waals surface area contributed by atoms with E-state index in [-0.39, 0.29) is 17.5 Å². The van der Waals surface area contributed by atoms with Crippen molar-refractivity contribution in [2.45, 2.75) is 25.8 Å². The third-order valence-corrected chi connectivity index (χ3v) is 4.00. The lowest BCUT2D eigenvalue weighted by Gasteiger charge is -2.37. The minimum Gasteiger partial charge on any atom is -0.466 e. The topological polar surface area (TPSA) is 72.7 Å². The number of hydrogen-bond acceptors (Lipinski definition) is 5.